The van der Waals surface area contributed by atoms with Gasteiger partial charge in [0.15, 0.2) is 22.5 Å². The number of hydrogen-bond donors (Lipinski definition) is 1. The van der Waals surface area contributed by atoms with Gasteiger partial charge in [-0.1, -0.05) is 41.6 Å². The van der Waals surface area contributed by atoms with Gasteiger partial charge in [0.05, 0.1) is 12.9 Å². The Hall–Kier alpha value is -3.98. The molecule has 1 amide bonds. The number of benzene rings is 3. The normalized spacial score (nSPS) is 12.3. The summed E-state index contributed by atoms with van der Waals surface area (Å²) in [5, 5.41) is 12.4. The Morgan fingerprint density at radius 2 is 1.74 bits per heavy atom. The number of hydrogen-bond acceptors (Lipinski definition) is 7. The van der Waals surface area contributed by atoms with E-state index in [9.17, 15) is 4.79 Å². The molecule has 0 aliphatic carbocycles. The number of amides is 1. The molecule has 5 rings (SSSR count). The van der Waals surface area contributed by atoms with Gasteiger partial charge in [-0.25, -0.2) is 0 Å². The van der Waals surface area contributed by atoms with Gasteiger partial charge in [-0.2, -0.15) is 0 Å². The molecular weight excluding hydrogens is 464 g/mol. The van der Waals surface area contributed by atoms with E-state index in [-0.39, 0.29) is 11.7 Å². The van der Waals surface area contributed by atoms with Crippen LogP contribution in [0.1, 0.15) is 5.56 Å². The Morgan fingerprint density at radius 1 is 1.00 bits per heavy atom. The van der Waals surface area contributed by atoms with E-state index in [0.717, 1.165) is 22.6 Å². The molecule has 178 valence electrons. The molecular formula is C26H24N4O4S. The summed E-state index contributed by atoms with van der Waals surface area (Å²) in [5.41, 5.74) is 3.62. The van der Waals surface area contributed by atoms with Crippen molar-refractivity contribution < 1.29 is 19.0 Å². The molecule has 0 saturated carbocycles. The Morgan fingerprint density at radius 3 is 2.49 bits per heavy atom. The van der Waals surface area contributed by atoms with E-state index in [4.69, 9.17) is 14.2 Å². The van der Waals surface area contributed by atoms with Gasteiger partial charge in [0.2, 0.25) is 5.91 Å². The molecule has 0 unspecified atom stereocenters. The lowest BCUT2D eigenvalue weighted by molar-refractivity contribution is -0.113. The first-order valence-electron chi connectivity index (χ1n) is 11.1. The number of aryl methyl sites for hydroxylation is 1. The van der Waals surface area contributed by atoms with E-state index in [0.29, 0.717) is 41.4 Å². The minimum absolute atomic E-state index is 0.159. The molecule has 1 N–H and O–H groups in total. The fourth-order valence-corrected chi connectivity index (χ4v) is 4.42. The molecule has 8 nitrogen and oxygen atoms in total. The highest BCUT2D eigenvalue weighted by Gasteiger charge is 2.18. The van der Waals surface area contributed by atoms with Crippen LogP contribution in [0.2, 0.25) is 0 Å². The summed E-state index contributed by atoms with van der Waals surface area (Å²) >= 11 is 1.32. The highest BCUT2D eigenvalue weighted by atomic mass is 32.2. The van der Waals surface area contributed by atoms with Crippen LogP contribution in [-0.4, -0.2) is 46.7 Å². The Balaban J connectivity index is 1.37. The van der Waals surface area contributed by atoms with Crippen molar-refractivity contribution in [1.29, 1.82) is 0 Å². The number of anilines is 1. The SMILES string of the molecule is COc1ccc(-n2c(SCC(=O)Nc3ccc4c(c3)OCCO4)nnc2-c2ccc(C)cc2)cc1. The van der Waals surface area contributed by atoms with Crippen LogP contribution >= 0.6 is 11.8 Å². The van der Waals surface area contributed by atoms with Crippen molar-refractivity contribution in [1.82, 2.24) is 14.8 Å². The molecule has 1 aliphatic rings. The third-order valence-electron chi connectivity index (χ3n) is 5.43. The van der Waals surface area contributed by atoms with Gasteiger partial charge >= 0.3 is 0 Å². The van der Waals surface area contributed by atoms with Crippen LogP contribution in [0, 0.1) is 6.92 Å². The van der Waals surface area contributed by atoms with Gasteiger partial charge in [-0.3, -0.25) is 9.36 Å². The topological polar surface area (TPSA) is 87.5 Å². The van der Waals surface area contributed by atoms with Crippen molar-refractivity contribution in [2.24, 2.45) is 0 Å². The maximum absolute atomic E-state index is 12.7. The molecule has 9 heteroatoms. The van der Waals surface area contributed by atoms with Crippen LogP contribution in [0.5, 0.6) is 17.2 Å². The molecule has 1 aliphatic heterocycles. The second-order valence-electron chi connectivity index (χ2n) is 7.90. The van der Waals surface area contributed by atoms with E-state index in [1.807, 2.05) is 60.0 Å². The number of carbonyl (C=O) groups excluding carboxylic acids is 1. The van der Waals surface area contributed by atoms with Crippen LogP contribution in [0.15, 0.2) is 71.9 Å². The Kier molecular flexibility index (Phi) is 6.58. The second kappa shape index (κ2) is 10.1. The molecule has 1 aromatic heterocycles. The maximum Gasteiger partial charge on any atom is 0.234 e. The summed E-state index contributed by atoms with van der Waals surface area (Å²) in [6, 6.07) is 21.1. The predicted molar refractivity (Wildman–Crippen MR) is 135 cm³/mol. The summed E-state index contributed by atoms with van der Waals surface area (Å²) in [7, 11) is 1.63. The first kappa shape index (κ1) is 22.8. The lowest BCUT2D eigenvalue weighted by Gasteiger charge is -2.19. The zero-order valence-corrected chi connectivity index (χ0v) is 20.2. The van der Waals surface area contributed by atoms with E-state index >= 15 is 0 Å². The van der Waals surface area contributed by atoms with E-state index in [1.165, 1.54) is 11.8 Å². The predicted octanol–water partition coefficient (Wildman–Crippen LogP) is 4.75. The Labute approximate surface area is 207 Å². The largest absolute Gasteiger partial charge is 0.497 e. The van der Waals surface area contributed by atoms with E-state index < -0.39 is 0 Å². The standard InChI is InChI=1S/C26H24N4O4S/c1-17-3-5-18(6-4-17)25-28-29-26(30(25)20-8-10-21(32-2)11-9-20)35-16-24(31)27-19-7-12-22-23(15-19)34-14-13-33-22/h3-12,15H,13-14,16H2,1-2H3,(H,27,31). The number of carbonyl (C=O) groups is 1. The molecule has 0 radical (unpaired) electrons. The van der Waals surface area contributed by atoms with Gasteiger partial charge in [-0.05, 0) is 43.3 Å². The summed E-state index contributed by atoms with van der Waals surface area (Å²) in [6.07, 6.45) is 0. The van der Waals surface area contributed by atoms with E-state index in [1.54, 1.807) is 25.3 Å². The summed E-state index contributed by atoms with van der Waals surface area (Å²) in [6.45, 7) is 3.05. The number of nitrogens with zero attached hydrogens (tertiary/aromatic N) is 3. The lowest BCUT2D eigenvalue weighted by atomic mass is 10.1. The average molecular weight is 489 g/mol. The summed E-state index contributed by atoms with van der Waals surface area (Å²) in [4.78, 5) is 12.7. The van der Waals surface area contributed by atoms with Crippen molar-refractivity contribution in [2.45, 2.75) is 12.1 Å². The minimum atomic E-state index is -0.159. The number of nitrogens with one attached hydrogen (secondary N) is 1. The highest BCUT2D eigenvalue weighted by Crippen LogP contribution is 2.33. The lowest BCUT2D eigenvalue weighted by Crippen LogP contribution is -2.17. The van der Waals surface area contributed by atoms with Crippen LogP contribution in [0.3, 0.4) is 0 Å². The van der Waals surface area contributed by atoms with Crippen molar-refractivity contribution in [3.8, 4) is 34.3 Å². The van der Waals surface area contributed by atoms with Crippen LogP contribution in [0.4, 0.5) is 5.69 Å². The molecule has 35 heavy (non-hydrogen) atoms. The molecule has 0 spiro atoms. The fourth-order valence-electron chi connectivity index (χ4n) is 3.67. The van der Waals surface area contributed by atoms with Gasteiger partial charge in [0.1, 0.15) is 19.0 Å². The van der Waals surface area contributed by atoms with Crippen LogP contribution in [0.25, 0.3) is 17.1 Å². The quantitative estimate of drug-likeness (QED) is 0.376. The zero-order valence-electron chi connectivity index (χ0n) is 19.4. The average Bonchev–Trinajstić information content (AvgIpc) is 3.32. The molecule has 0 atom stereocenters. The molecule has 3 aromatic carbocycles. The third-order valence-corrected chi connectivity index (χ3v) is 6.36. The number of rotatable bonds is 7. The minimum Gasteiger partial charge on any atom is -0.497 e. The molecule has 0 fully saturated rings. The number of aromatic nitrogens is 3. The Bertz CT molecular complexity index is 1340. The first-order valence-corrected chi connectivity index (χ1v) is 12.1. The molecule has 4 aromatic rings. The highest BCUT2D eigenvalue weighted by molar-refractivity contribution is 7.99. The van der Waals surface area contributed by atoms with Gasteiger partial charge in [-0.15, -0.1) is 10.2 Å². The molecule has 2 heterocycles. The van der Waals surface area contributed by atoms with Gasteiger partial charge in [0.25, 0.3) is 0 Å². The zero-order chi connectivity index (χ0) is 24.2. The van der Waals surface area contributed by atoms with Crippen molar-refractivity contribution >= 4 is 23.4 Å². The van der Waals surface area contributed by atoms with Crippen LogP contribution in [-0.2, 0) is 4.79 Å². The number of thioether (sulfide) groups is 1. The summed E-state index contributed by atoms with van der Waals surface area (Å²) in [5.74, 6) is 2.77. The first-order chi connectivity index (χ1) is 17.1. The maximum atomic E-state index is 12.7. The fraction of sp³-hybridized carbons (Fsp3) is 0.192. The van der Waals surface area contributed by atoms with Crippen molar-refractivity contribution in [3.63, 3.8) is 0 Å². The number of ether oxygens (including phenoxy) is 3. The number of fused-ring (bicyclic) bond motifs is 1. The summed E-state index contributed by atoms with van der Waals surface area (Å²) < 4.78 is 18.4. The monoisotopic (exact) mass is 488 g/mol. The van der Waals surface area contributed by atoms with Crippen molar-refractivity contribution in [2.75, 3.05) is 31.4 Å². The third kappa shape index (κ3) is 5.09. The van der Waals surface area contributed by atoms with Crippen LogP contribution < -0.4 is 19.5 Å². The molecule has 0 bridgehead atoms. The van der Waals surface area contributed by atoms with Crippen molar-refractivity contribution in [3.05, 3.63) is 72.3 Å². The van der Waals surface area contributed by atoms with Gasteiger partial charge in [0, 0.05) is 23.0 Å². The molecule has 0 saturated heterocycles. The van der Waals surface area contributed by atoms with E-state index in [2.05, 4.69) is 15.5 Å². The second-order valence-corrected chi connectivity index (χ2v) is 8.84. The number of methoxy groups -OCH3 is 1. The smallest absolute Gasteiger partial charge is 0.234 e. The van der Waals surface area contributed by atoms with Gasteiger partial charge < -0.3 is 19.5 Å².